The number of hydroxylamine groups is 2. The number of quaternary nitrogens is 1. The molecule has 1 heterocycles. The van der Waals surface area contributed by atoms with Crippen LogP contribution in [0.5, 0.6) is 0 Å². The van der Waals surface area contributed by atoms with Crippen molar-refractivity contribution in [2.24, 2.45) is 0 Å². The zero-order valence-electron chi connectivity index (χ0n) is 25.4. The van der Waals surface area contributed by atoms with Crippen molar-refractivity contribution in [3.63, 3.8) is 0 Å². The molecule has 1 aliphatic rings. The van der Waals surface area contributed by atoms with Crippen LogP contribution < -0.4 is 4.89 Å². The van der Waals surface area contributed by atoms with Crippen LogP contribution in [0.15, 0.2) is 0 Å². The van der Waals surface area contributed by atoms with E-state index in [0.717, 1.165) is 32.1 Å². The average molecular weight is 548 g/mol. The summed E-state index contributed by atoms with van der Waals surface area (Å²) in [7, 11) is -0.106. The number of rotatable bonds is 21. The van der Waals surface area contributed by atoms with E-state index in [2.05, 4.69) is 21.0 Å². The average Bonchev–Trinajstić information content (AvgIpc) is 2.79. The number of nitrogens with zero attached hydrogens (tertiary/aromatic N) is 2. The van der Waals surface area contributed by atoms with Crippen molar-refractivity contribution in [3.8, 4) is 0 Å². The van der Waals surface area contributed by atoms with E-state index in [1.807, 2.05) is 27.7 Å². The molecule has 1 rings (SSSR count). The summed E-state index contributed by atoms with van der Waals surface area (Å²) in [6.45, 7) is 11.0. The maximum atomic E-state index is 12.7. The van der Waals surface area contributed by atoms with Gasteiger partial charge in [-0.3, -0.25) is 4.57 Å². The second-order valence-corrected chi connectivity index (χ2v) is 14.6. The molecule has 0 aromatic carbocycles. The van der Waals surface area contributed by atoms with Crippen molar-refractivity contribution in [2.45, 2.75) is 154 Å². The fourth-order valence-corrected chi connectivity index (χ4v) is 6.52. The van der Waals surface area contributed by atoms with Gasteiger partial charge < -0.3 is 18.4 Å². The second-order valence-electron chi connectivity index (χ2n) is 13.2. The van der Waals surface area contributed by atoms with E-state index in [1.54, 1.807) is 0 Å². The van der Waals surface area contributed by atoms with Gasteiger partial charge in [0.25, 0.3) is 7.82 Å². The van der Waals surface area contributed by atoms with Crippen LogP contribution in [0.4, 0.5) is 0 Å². The van der Waals surface area contributed by atoms with Crippen LogP contribution in [0.25, 0.3) is 0 Å². The Hall–Kier alpha value is -0.0100. The first kappa shape index (κ1) is 35.0. The van der Waals surface area contributed by atoms with Gasteiger partial charge in [-0.25, -0.2) is 0 Å². The van der Waals surface area contributed by atoms with Crippen molar-refractivity contribution in [2.75, 3.05) is 33.9 Å². The molecule has 0 spiro atoms. The number of piperidine rings is 1. The van der Waals surface area contributed by atoms with Gasteiger partial charge in [-0.05, 0) is 34.1 Å². The number of likely N-dealkylation sites (N-methyl/N-ethyl adjacent to an activating group) is 1. The van der Waals surface area contributed by atoms with Gasteiger partial charge in [0.15, 0.2) is 0 Å². The van der Waals surface area contributed by atoms with Crippen molar-refractivity contribution in [1.82, 2.24) is 5.06 Å². The van der Waals surface area contributed by atoms with Gasteiger partial charge in [-0.15, -0.1) is 10.3 Å². The predicted octanol–water partition coefficient (Wildman–Crippen LogP) is 7.41. The van der Waals surface area contributed by atoms with E-state index >= 15 is 0 Å². The second kappa shape index (κ2) is 16.9. The molecule has 0 N–H and O–H groups in total. The van der Waals surface area contributed by atoms with Crippen LogP contribution in [-0.2, 0) is 18.8 Å². The number of phosphoric acid groups is 1. The highest BCUT2D eigenvalue weighted by Crippen LogP contribution is 2.41. The zero-order chi connectivity index (χ0) is 28.0. The molecule has 8 heteroatoms. The van der Waals surface area contributed by atoms with Gasteiger partial charge >= 0.3 is 0 Å². The molecule has 0 aromatic heterocycles. The first-order valence-corrected chi connectivity index (χ1v) is 16.6. The molecule has 1 unspecified atom stereocenters. The molecular weight excluding hydrogens is 487 g/mol. The molecule has 1 saturated heterocycles. The third-order valence-corrected chi connectivity index (χ3v) is 9.22. The largest absolute Gasteiger partial charge is 0.756 e. The third-order valence-electron chi connectivity index (χ3n) is 8.22. The molecule has 1 aliphatic heterocycles. The SMILES string of the molecule is CCCCCCCCCCCCCCCCOP(=O)([O-])OCC[N+](C)(C)C1CC(C)(C)N([O])C(C)(C)C1. The van der Waals surface area contributed by atoms with Crippen LogP contribution in [0.1, 0.15) is 137 Å². The Balaban J connectivity index is 2.11. The summed E-state index contributed by atoms with van der Waals surface area (Å²) in [5, 5.41) is 13.9. The lowest BCUT2D eigenvalue weighted by molar-refractivity contribution is -0.918. The Morgan fingerprint density at radius 1 is 0.757 bits per heavy atom. The van der Waals surface area contributed by atoms with Crippen LogP contribution >= 0.6 is 7.82 Å². The fourth-order valence-electron chi connectivity index (χ4n) is 5.79. The van der Waals surface area contributed by atoms with Crippen molar-refractivity contribution in [3.05, 3.63) is 0 Å². The van der Waals surface area contributed by atoms with Gasteiger partial charge in [0.1, 0.15) is 13.2 Å². The smallest absolute Gasteiger partial charge is 0.268 e. The van der Waals surface area contributed by atoms with Crippen molar-refractivity contribution >= 4 is 7.82 Å². The minimum atomic E-state index is -4.28. The molecule has 0 bridgehead atoms. The molecule has 0 amide bonds. The van der Waals surface area contributed by atoms with Gasteiger partial charge in [0.2, 0.25) is 0 Å². The lowest BCUT2D eigenvalue weighted by atomic mass is 9.77. The number of hydrogen-bond acceptors (Lipinski definition) is 5. The zero-order valence-corrected chi connectivity index (χ0v) is 26.3. The molecule has 0 aliphatic carbocycles. The standard InChI is InChI=1S/C29H60N2O5P/c1-8-9-10-11-12-13-14-15-16-17-18-19-20-21-23-35-37(33,34)36-24-22-31(6,7)27-25-28(2,3)30(32)29(4,5)26-27/h27H,8-26H2,1-7H3. The Morgan fingerprint density at radius 3 is 1.57 bits per heavy atom. The van der Waals surface area contributed by atoms with E-state index in [0.29, 0.717) is 11.0 Å². The summed E-state index contributed by atoms with van der Waals surface area (Å²) >= 11 is 0. The molecule has 1 fully saturated rings. The van der Waals surface area contributed by atoms with E-state index in [1.165, 1.54) is 75.7 Å². The Bertz CT molecular complexity index is 638. The topological polar surface area (TPSA) is 81.7 Å². The van der Waals surface area contributed by atoms with E-state index in [4.69, 9.17) is 9.05 Å². The highest BCUT2D eigenvalue weighted by molar-refractivity contribution is 7.45. The molecular formula is C29H60N2O5P. The van der Waals surface area contributed by atoms with Crippen LogP contribution in [0, 0.1) is 0 Å². The Kier molecular flexibility index (Phi) is 16.0. The first-order valence-electron chi connectivity index (χ1n) is 15.1. The normalized spacial score (nSPS) is 20.2. The lowest BCUT2D eigenvalue weighted by Crippen LogP contribution is -2.66. The molecule has 221 valence electrons. The third kappa shape index (κ3) is 14.3. The number of unbranched alkanes of at least 4 members (excludes halogenated alkanes) is 13. The maximum absolute atomic E-state index is 12.7. The minimum absolute atomic E-state index is 0.0883. The summed E-state index contributed by atoms with van der Waals surface area (Å²) in [5.74, 6) is 0. The monoisotopic (exact) mass is 547 g/mol. The van der Waals surface area contributed by atoms with Gasteiger partial charge in [-0.2, -0.15) is 0 Å². The maximum Gasteiger partial charge on any atom is 0.268 e. The van der Waals surface area contributed by atoms with Gasteiger partial charge in [0.05, 0.1) is 26.7 Å². The minimum Gasteiger partial charge on any atom is -0.756 e. The molecule has 0 aromatic rings. The summed E-state index contributed by atoms with van der Waals surface area (Å²) in [6.07, 6.45) is 19.2. The Labute approximate surface area is 229 Å². The van der Waals surface area contributed by atoms with Gasteiger partial charge in [-0.1, -0.05) is 90.4 Å². The number of phosphoric ester groups is 1. The molecule has 1 atom stereocenters. The van der Waals surface area contributed by atoms with Gasteiger partial charge in [0, 0.05) is 23.9 Å². The van der Waals surface area contributed by atoms with Crippen LogP contribution in [0.3, 0.4) is 0 Å². The fraction of sp³-hybridized carbons (Fsp3) is 1.00. The van der Waals surface area contributed by atoms with Crippen LogP contribution in [-0.4, -0.2) is 60.5 Å². The molecule has 0 saturated carbocycles. The van der Waals surface area contributed by atoms with Crippen molar-refractivity contribution in [1.29, 1.82) is 0 Å². The molecule has 37 heavy (non-hydrogen) atoms. The van der Waals surface area contributed by atoms with E-state index < -0.39 is 18.9 Å². The molecule has 1 radical (unpaired) electrons. The molecule has 7 nitrogen and oxygen atoms in total. The Morgan fingerprint density at radius 2 is 1.14 bits per heavy atom. The lowest BCUT2D eigenvalue weighted by Gasteiger charge is -2.53. The predicted molar refractivity (Wildman–Crippen MR) is 151 cm³/mol. The number of hydrogen-bond donors (Lipinski definition) is 0. The van der Waals surface area contributed by atoms with E-state index in [9.17, 15) is 14.7 Å². The first-order chi connectivity index (χ1) is 17.2. The summed E-state index contributed by atoms with van der Waals surface area (Å²) < 4.78 is 23.1. The summed E-state index contributed by atoms with van der Waals surface area (Å²) in [5.41, 5.74) is -0.902. The highest BCUT2D eigenvalue weighted by atomic mass is 31.2. The summed E-state index contributed by atoms with van der Waals surface area (Å²) in [4.78, 5) is 12.2. The van der Waals surface area contributed by atoms with E-state index in [-0.39, 0.29) is 19.3 Å². The van der Waals surface area contributed by atoms with Crippen molar-refractivity contribution < 1.29 is 28.2 Å². The highest BCUT2D eigenvalue weighted by Gasteiger charge is 2.50. The quantitative estimate of drug-likeness (QED) is 0.0849. The summed E-state index contributed by atoms with van der Waals surface area (Å²) in [6, 6.07) is 0.251. The van der Waals surface area contributed by atoms with Crippen LogP contribution in [0.2, 0.25) is 0 Å².